The smallest absolute Gasteiger partial charge is 0.164 e. The van der Waals surface area contributed by atoms with E-state index >= 15 is 0 Å². The fraction of sp³-hybridized carbons (Fsp3) is 0.360. The van der Waals surface area contributed by atoms with Gasteiger partial charge >= 0.3 is 0 Å². The molecule has 0 heterocycles. The molecule has 1 atom stereocenters. The van der Waals surface area contributed by atoms with E-state index in [1.807, 2.05) is 74.5 Å². The number of Topliss-reactive ketones (excluding diaryl/α,β-unsaturated/α-hetero) is 4. The van der Waals surface area contributed by atoms with E-state index in [2.05, 4.69) is 0 Å². The summed E-state index contributed by atoms with van der Waals surface area (Å²) in [6.45, 7) is 3.75. The van der Waals surface area contributed by atoms with Gasteiger partial charge in [-0.3, -0.25) is 19.2 Å². The summed E-state index contributed by atoms with van der Waals surface area (Å²) >= 11 is 0. The lowest BCUT2D eigenvalue weighted by Gasteiger charge is -2.37. The Morgan fingerprint density at radius 2 is 1.38 bits per heavy atom. The van der Waals surface area contributed by atoms with E-state index in [0.29, 0.717) is 0 Å². The lowest BCUT2D eigenvalue weighted by Crippen LogP contribution is -2.55. The zero-order valence-electron chi connectivity index (χ0n) is 16.9. The number of carbonyl (C=O) groups is 4. The van der Waals surface area contributed by atoms with Crippen LogP contribution in [-0.2, 0) is 32.0 Å². The van der Waals surface area contributed by atoms with Gasteiger partial charge in [0.2, 0.25) is 0 Å². The molecule has 1 aliphatic carbocycles. The normalized spacial score (nSPS) is 18.9. The SMILES string of the molecule is CC(C)CC(=O)C1C(=O)CC(=O)C(Cc2ccccc2)(Cc2ccccc2)C1=O. The highest BCUT2D eigenvalue weighted by molar-refractivity contribution is 6.32. The van der Waals surface area contributed by atoms with Crippen LogP contribution in [0.5, 0.6) is 0 Å². The van der Waals surface area contributed by atoms with Crippen molar-refractivity contribution in [2.45, 2.75) is 39.5 Å². The van der Waals surface area contributed by atoms with Gasteiger partial charge in [-0.05, 0) is 29.9 Å². The molecule has 2 aromatic rings. The predicted molar refractivity (Wildman–Crippen MR) is 110 cm³/mol. The molecule has 0 bridgehead atoms. The van der Waals surface area contributed by atoms with Crippen LogP contribution in [0, 0.1) is 17.3 Å². The highest BCUT2D eigenvalue weighted by Crippen LogP contribution is 2.39. The van der Waals surface area contributed by atoms with E-state index in [0.717, 1.165) is 11.1 Å². The summed E-state index contributed by atoms with van der Waals surface area (Å²) in [5, 5.41) is 0. The van der Waals surface area contributed by atoms with Crippen molar-refractivity contribution in [1.82, 2.24) is 0 Å². The van der Waals surface area contributed by atoms with Crippen LogP contribution in [0.1, 0.15) is 37.8 Å². The van der Waals surface area contributed by atoms with Gasteiger partial charge in [-0.15, -0.1) is 0 Å². The van der Waals surface area contributed by atoms with Crippen molar-refractivity contribution in [2.75, 3.05) is 0 Å². The van der Waals surface area contributed by atoms with Crippen molar-refractivity contribution in [3.05, 3.63) is 71.8 Å². The molecule has 29 heavy (non-hydrogen) atoms. The summed E-state index contributed by atoms with van der Waals surface area (Å²) < 4.78 is 0. The Hall–Kier alpha value is -2.88. The van der Waals surface area contributed by atoms with Gasteiger partial charge in [0.1, 0.15) is 5.92 Å². The largest absolute Gasteiger partial charge is 0.298 e. The lowest BCUT2D eigenvalue weighted by molar-refractivity contribution is -0.154. The minimum absolute atomic E-state index is 0.0402. The monoisotopic (exact) mass is 390 g/mol. The minimum atomic E-state index is -1.39. The molecule has 1 saturated carbocycles. The topological polar surface area (TPSA) is 68.3 Å². The van der Waals surface area contributed by atoms with Crippen LogP contribution in [0.2, 0.25) is 0 Å². The average Bonchev–Trinajstić information content (AvgIpc) is 2.67. The first-order valence-electron chi connectivity index (χ1n) is 10.0. The molecular formula is C25H26O4. The van der Waals surface area contributed by atoms with Crippen LogP contribution in [-0.4, -0.2) is 23.1 Å². The van der Waals surface area contributed by atoms with Gasteiger partial charge in [0.25, 0.3) is 0 Å². The van der Waals surface area contributed by atoms with E-state index in [1.54, 1.807) is 0 Å². The quantitative estimate of drug-likeness (QED) is 0.675. The average molecular weight is 390 g/mol. The van der Waals surface area contributed by atoms with Crippen LogP contribution in [0.4, 0.5) is 0 Å². The number of hydrogen-bond donors (Lipinski definition) is 0. The molecule has 0 amide bonds. The molecule has 0 N–H and O–H groups in total. The van der Waals surface area contributed by atoms with Crippen LogP contribution in [0.25, 0.3) is 0 Å². The van der Waals surface area contributed by atoms with Gasteiger partial charge < -0.3 is 0 Å². The molecule has 0 spiro atoms. The second-order valence-electron chi connectivity index (χ2n) is 8.33. The van der Waals surface area contributed by atoms with Crippen molar-refractivity contribution in [1.29, 1.82) is 0 Å². The van der Waals surface area contributed by atoms with Crippen molar-refractivity contribution in [2.24, 2.45) is 17.3 Å². The molecule has 2 aromatic carbocycles. The summed E-state index contributed by atoms with van der Waals surface area (Å²) in [7, 11) is 0. The number of benzene rings is 2. The Morgan fingerprint density at radius 3 is 1.83 bits per heavy atom. The zero-order valence-corrected chi connectivity index (χ0v) is 16.9. The first-order valence-corrected chi connectivity index (χ1v) is 10.0. The van der Waals surface area contributed by atoms with E-state index in [-0.39, 0.29) is 43.2 Å². The Kier molecular flexibility index (Phi) is 6.21. The van der Waals surface area contributed by atoms with Crippen LogP contribution in [0.3, 0.4) is 0 Å². The minimum Gasteiger partial charge on any atom is -0.298 e. The molecule has 0 saturated heterocycles. The van der Waals surface area contributed by atoms with Gasteiger partial charge in [-0.25, -0.2) is 0 Å². The second kappa shape index (κ2) is 8.64. The highest BCUT2D eigenvalue weighted by atomic mass is 16.2. The van der Waals surface area contributed by atoms with Crippen molar-refractivity contribution >= 4 is 23.1 Å². The highest BCUT2D eigenvalue weighted by Gasteiger charge is 2.55. The maximum atomic E-state index is 13.6. The first kappa shape index (κ1) is 20.8. The maximum absolute atomic E-state index is 13.6. The van der Waals surface area contributed by atoms with Crippen LogP contribution >= 0.6 is 0 Å². The number of hydrogen-bond acceptors (Lipinski definition) is 4. The van der Waals surface area contributed by atoms with Gasteiger partial charge in [0, 0.05) is 6.42 Å². The van der Waals surface area contributed by atoms with Crippen LogP contribution < -0.4 is 0 Å². The Bertz CT molecular complexity index is 871. The van der Waals surface area contributed by atoms with Crippen molar-refractivity contribution in [3.63, 3.8) is 0 Å². The molecule has 0 aromatic heterocycles. The van der Waals surface area contributed by atoms with Gasteiger partial charge in [0.05, 0.1) is 11.8 Å². The molecule has 4 nitrogen and oxygen atoms in total. The van der Waals surface area contributed by atoms with Gasteiger partial charge in [-0.1, -0.05) is 74.5 Å². The van der Waals surface area contributed by atoms with E-state index in [1.165, 1.54) is 0 Å². The third kappa shape index (κ3) is 4.42. The van der Waals surface area contributed by atoms with E-state index in [4.69, 9.17) is 0 Å². The summed E-state index contributed by atoms with van der Waals surface area (Å²) in [5.41, 5.74) is 0.289. The molecule has 1 fully saturated rings. The van der Waals surface area contributed by atoms with Gasteiger partial charge in [-0.2, -0.15) is 0 Å². The molecule has 4 heteroatoms. The van der Waals surface area contributed by atoms with E-state index in [9.17, 15) is 19.2 Å². The molecule has 150 valence electrons. The fourth-order valence-corrected chi connectivity index (χ4v) is 4.16. The Labute approximate surface area is 171 Å². The predicted octanol–water partition coefficient (Wildman–Crippen LogP) is 3.80. The Morgan fingerprint density at radius 1 is 0.897 bits per heavy atom. The number of ketones is 4. The first-order chi connectivity index (χ1) is 13.8. The van der Waals surface area contributed by atoms with Crippen LogP contribution in [0.15, 0.2) is 60.7 Å². The third-order valence-electron chi connectivity index (χ3n) is 5.55. The zero-order chi connectivity index (χ0) is 21.0. The molecular weight excluding hydrogens is 364 g/mol. The summed E-state index contributed by atoms with van der Waals surface area (Å²) in [6.07, 6.45) is 0.182. The standard InChI is InChI=1S/C25H26O4/c1-17(2)13-20(26)23-21(27)14-22(28)25(24(23)29,15-18-9-5-3-6-10-18)16-19-11-7-4-8-12-19/h3-12,17,23H,13-16H2,1-2H3. The summed E-state index contributed by atoms with van der Waals surface area (Å²) in [6, 6.07) is 18.6. The molecule has 0 radical (unpaired) electrons. The molecule has 3 rings (SSSR count). The van der Waals surface area contributed by atoms with Crippen molar-refractivity contribution < 1.29 is 19.2 Å². The van der Waals surface area contributed by atoms with Gasteiger partial charge in [0.15, 0.2) is 23.1 Å². The molecule has 1 unspecified atom stereocenters. The summed E-state index contributed by atoms with van der Waals surface area (Å²) in [4.78, 5) is 52.2. The summed E-state index contributed by atoms with van der Waals surface area (Å²) in [5.74, 6) is -3.12. The maximum Gasteiger partial charge on any atom is 0.164 e. The second-order valence-corrected chi connectivity index (χ2v) is 8.33. The van der Waals surface area contributed by atoms with E-state index < -0.39 is 22.9 Å². The number of carbonyl (C=O) groups excluding carboxylic acids is 4. The molecule has 0 aliphatic heterocycles. The Balaban J connectivity index is 2.06. The van der Waals surface area contributed by atoms with Crippen molar-refractivity contribution in [3.8, 4) is 0 Å². The molecule has 1 aliphatic rings. The number of rotatable bonds is 7. The third-order valence-corrected chi connectivity index (χ3v) is 5.55. The fourth-order valence-electron chi connectivity index (χ4n) is 4.16. The lowest BCUT2D eigenvalue weighted by atomic mass is 9.60.